The van der Waals surface area contributed by atoms with Crippen LogP contribution in [-0.4, -0.2) is 5.78 Å². The molecule has 1 nitrogen and oxygen atoms in total. The first-order valence-electron chi connectivity index (χ1n) is 3.84. The molecule has 4 heteroatoms. The normalized spacial score (nSPS) is 9.71. The first-order valence-corrected chi connectivity index (χ1v) is 3.84. The van der Waals surface area contributed by atoms with Crippen LogP contribution in [0.3, 0.4) is 0 Å². The van der Waals surface area contributed by atoms with Crippen LogP contribution in [0.2, 0.25) is 0 Å². The Bertz CT molecular complexity index is 375. The summed E-state index contributed by atoms with van der Waals surface area (Å²) in [6.45, 7) is 1.34. The molecule has 0 saturated heterocycles. The van der Waals surface area contributed by atoms with E-state index in [4.69, 9.17) is 0 Å². The number of rotatable bonds is 2. The van der Waals surface area contributed by atoms with Crippen molar-refractivity contribution < 1.29 is 18.0 Å². The fourth-order valence-electron chi connectivity index (χ4n) is 0.960. The predicted molar refractivity (Wildman–Crippen MR) is 46.7 cm³/mol. The Morgan fingerprint density at radius 3 is 1.79 bits per heavy atom. The number of ketones is 1. The molecule has 0 bridgehead atoms. The van der Waals surface area contributed by atoms with Crippen molar-refractivity contribution in [2.24, 2.45) is 0 Å². The fourth-order valence-corrected chi connectivity index (χ4v) is 0.960. The van der Waals surface area contributed by atoms with Gasteiger partial charge in [0.25, 0.3) is 0 Å². The second-order valence-corrected chi connectivity index (χ2v) is 2.71. The van der Waals surface area contributed by atoms with Crippen molar-refractivity contribution in [2.75, 3.05) is 0 Å². The minimum Gasteiger partial charge on any atom is -0.295 e. The monoisotopic (exact) mass is 200 g/mol. The molecule has 1 aromatic rings. The van der Waals surface area contributed by atoms with Gasteiger partial charge in [-0.15, -0.1) is 0 Å². The molecule has 0 aliphatic rings. The third-order valence-electron chi connectivity index (χ3n) is 1.71. The van der Waals surface area contributed by atoms with Gasteiger partial charge in [-0.1, -0.05) is 24.3 Å². The fraction of sp³-hybridized carbons (Fsp3) is 0.100. The lowest BCUT2D eigenvalue weighted by Crippen LogP contribution is -1.91. The highest BCUT2D eigenvalue weighted by Crippen LogP contribution is 2.22. The minimum atomic E-state index is -2.36. The van der Waals surface area contributed by atoms with E-state index in [1.54, 1.807) is 0 Å². The van der Waals surface area contributed by atoms with Crippen LogP contribution in [0.1, 0.15) is 22.8 Å². The minimum absolute atomic E-state index is 0.193. The van der Waals surface area contributed by atoms with E-state index < -0.39 is 11.9 Å². The lowest BCUT2D eigenvalue weighted by molar-refractivity contribution is 0.101. The van der Waals surface area contributed by atoms with Crippen LogP contribution in [0.25, 0.3) is 5.83 Å². The number of hydrogen-bond acceptors (Lipinski definition) is 1. The second kappa shape index (κ2) is 4.09. The first kappa shape index (κ1) is 10.5. The molecule has 0 aromatic heterocycles. The maximum atomic E-state index is 12.6. The van der Waals surface area contributed by atoms with E-state index in [1.165, 1.54) is 19.1 Å². The van der Waals surface area contributed by atoms with E-state index >= 15 is 0 Å². The van der Waals surface area contributed by atoms with Crippen molar-refractivity contribution in [3.8, 4) is 0 Å². The number of Topliss-reactive ketones (excluding diaryl/α,β-unsaturated/α-hetero) is 1. The topological polar surface area (TPSA) is 17.1 Å². The van der Waals surface area contributed by atoms with Crippen LogP contribution in [0, 0.1) is 0 Å². The Morgan fingerprint density at radius 1 is 1.00 bits per heavy atom. The molecule has 1 aromatic carbocycles. The van der Waals surface area contributed by atoms with E-state index in [2.05, 4.69) is 0 Å². The van der Waals surface area contributed by atoms with Gasteiger partial charge in [-0.25, -0.2) is 4.39 Å². The van der Waals surface area contributed by atoms with Gasteiger partial charge in [0.05, 0.1) is 0 Å². The van der Waals surface area contributed by atoms with Gasteiger partial charge >= 0.3 is 6.08 Å². The van der Waals surface area contributed by atoms with Gasteiger partial charge in [0.15, 0.2) is 11.6 Å². The number of carbonyl (C=O) groups is 1. The summed E-state index contributed by atoms with van der Waals surface area (Å²) in [5, 5.41) is 0. The van der Waals surface area contributed by atoms with Crippen LogP contribution in [0.4, 0.5) is 13.2 Å². The quantitative estimate of drug-likeness (QED) is 0.668. The van der Waals surface area contributed by atoms with Gasteiger partial charge < -0.3 is 0 Å². The summed E-state index contributed by atoms with van der Waals surface area (Å²) in [6, 6.07) is 4.90. The zero-order chi connectivity index (χ0) is 10.7. The van der Waals surface area contributed by atoms with E-state index in [0.29, 0.717) is 5.56 Å². The molecule has 0 atom stereocenters. The van der Waals surface area contributed by atoms with Crippen LogP contribution < -0.4 is 0 Å². The molecule has 0 amide bonds. The maximum absolute atomic E-state index is 12.6. The summed E-state index contributed by atoms with van der Waals surface area (Å²) in [5.74, 6) is -1.75. The summed E-state index contributed by atoms with van der Waals surface area (Å²) >= 11 is 0. The van der Waals surface area contributed by atoms with Gasteiger partial charge in [0, 0.05) is 11.1 Å². The Balaban J connectivity index is 3.06. The zero-order valence-corrected chi connectivity index (χ0v) is 7.35. The predicted octanol–water partition coefficient (Wildman–Crippen LogP) is 3.42. The Kier molecular flexibility index (Phi) is 3.06. The third-order valence-corrected chi connectivity index (χ3v) is 1.71. The molecular formula is C10H7F3O. The molecule has 0 saturated carbocycles. The molecule has 0 fully saturated rings. The van der Waals surface area contributed by atoms with Crippen molar-refractivity contribution in [3.05, 3.63) is 41.5 Å². The average molecular weight is 200 g/mol. The average Bonchev–Trinajstić information content (AvgIpc) is 2.16. The lowest BCUT2D eigenvalue weighted by atomic mass is 10.1. The van der Waals surface area contributed by atoms with E-state index in [-0.39, 0.29) is 11.3 Å². The van der Waals surface area contributed by atoms with E-state index in [0.717, 1.165) is 12.1 Å². The highest BCUT2D eigenvalue weighted by molar-refractivity contribution is 5.94. The zero-order valence-electron chi connectivity index (χ0n) is 7.35. The highest BCUT2D eigenvalue weighted by Gasteiger charge is 2.08. The van der Waals surface area contributed by atoms with E-state index in [9.17, 15) is 18.0 Å². The van der Waals surface area contributed by atoms with Crippen LogP contribution in [0.5, 0.6) is 0 Å². The summed E-state index contributed by atoms with van der Waals surface area (Å²) in [7, 11) is 0. The highest BCUT2D eigenvalue weighted by atomic mass is 19.3. The largest absolute Gasteiger partial charge is 0.306 e. The lowest BCUT2D eigenvalue weighted by Gasteiger charge is -1.98. The molecule has 0 spiro atoms. The van der Waals surface area contributed by atoms with Gasteiger partial charge in [-0.05, 0) is 6.92 Å². The number of carbonyl (C=O) groups excluding carboxylic acids is 1. The molecule has 0 N–H and O–H groups in total. The first-order chi connectivity index (χ1) is 6.52. The summed E-state index contributed by atoms with van der Waals surface area (Å²) < 4.78 is 36.3. The van der Waals surface area contributed by atoms with Crippen molar-refractivity contribution in [1.82, 2.24) is 0 Å². The second-order valence-electron chi connectivity index (χ2n) is 2.71. The smallest absolute Gasteiger partial charge is 0.295 e. The number of halogens is 3. The van der Waals surface area contributed by atoms with Gasteiger partial charge in [0.1, 0.15) is 0 Å². The molecule has 1 rings (SSSR count). The van der Waals surface area contributed by atoms with E-state index in [1.807, 2.05) is 0 Å². The standard InChI is InChI=1S/C10H7F3O/c1-6(14)7-2-4-8(5-3-7)9(11)10(12)13/h2-5H,1H3. The van der Waals surface area contributed by atoms with Gasteiger partial charge in [0.2, 0.25) is 0 Å². The molecule has 74 valence electrons. The maximum Gasteiger partial charge on any atom is 0.306 e. The Morgan fingerprint density at radius 2 is 1.43 bits per heavy atom. The third kappa shape index (κ3) is 2.22. The molecule has 0 aliphatic carbocycles. The van der Waals surface area contributed by atoms with Crippen molar-refractivity contribution in [3.63, 3.8) is 0 Å². The Hall–Kier alpha value is -1.58. The number of benzene rings is 1. The molecular weight excluding hydrogens is 193 g/mol. The summed E-state index contributed by atoms with van der Waals surface area (Å²) in [4.78, 5) is 10.8. The molecule has 14 heavy (non-hydrogen) atoms. The summed E-state index contributed by atoms with van der Waals surface area (Å²) in [5.41, 5.74) is 0.135. The molecule has 0 heterocycles. The van der Waals surface area contributed by atoms with Gasteiger partial charge in [-0.2, -0.15) is 8.78 Å². The number of hydrogen-bond donors (Lipinski definition) is 0. The van der Waals surface area contributed by atoms with Crippen molar-refractivity contribution in [2.45, 2.75) is 6.92 Å². The van der Waals surface area contributed by atoms with Crippen LogP contribution >= 0.6 is 0 Å². The van der Waals surface area contributed by atoms with Crippen LogP contribution in [-0.2, 0) is 0 Å². The molecule has 0 unspecified atom stereocenters. The van der Waals surface area contributed by atoms with Crippen LogP contribution in [0.15, 0.2) is 30.3 Å². The SMILES string of the molecule is CC(=O)c1ccc(C(F)=C(F)F)cc1. The van der Waals surface area contributed by atoms with Gasteiger partial charge in [-0.3, -0.25) is 4.79 Å². The van der Waals surface area contributed by atoms with Crippen molar-refractivity contribution >= 4 is 11.6 Å². The van der Waals surface area contributed by atoms with Crippen molar-refractivity contribution in [1.29, 1.82) is 0 Å². The Labute approximate surface area is 78.9 Å². The molecule has 0 aliphatic heterocycles. The molecule has 0 radical (unpaired) electrons. The summed E-state index contributed by atoms with van der Waals surface area (Å²) in [6.07, 6.45) is -2.36.